The Morgan fingerprint density at radius 2 is 1.85 bits per heavy atom. The van der Waals surface area contributed by atoms with Gasteiger partial charge in [-0.25, -0.2) is 4.98 Å². The molecule has 0 N–H and O–H groups in total. The Balaban J connectivity index is 1.73. The van der Waals surface area contributed by atoms with Gasteiger partial charge in [0.25, 0.3) is 0 Å². The molecule has 2 aliphatic rings. The quantitative estimate of drug-likeness (QED) is 0.767. The lowest BCUT2D eigenvalue weighted by Crippen LogP contribution is -2.42. The summed E-state index contributed by atoms with van der Waals surface area (Å²) in [6, 6.07) is 3.75. The number of Topliss-reactive ketones (excluding diaryl/α,β-unsaturated/α-hetero) is 1. The summed E-state index contributed by atoms with van der Waals surface area (Å²) in [6.07, 6.45) is 11.4. The van der Waals surface area contributed by atoms with Crippen molar-refractivity contribution in [1.82, 2.24) is 4.98 Å². The van der Waals surface area contributed by atoms with E-state index < -0.39 is 0 Å². The van der Waals surface area contributed by atoms with Crippen molar-refractivity contribution < 1.29 is 4.79 Å². The van der Waals surface area contributed by atoms with Gasteiger partial charge in [0, 0.05) is 19.3 Å². The van der Waals surface area contributed by atoms with Gasteiger partial charge in [-0.15, -0.1) is 0 Å². The second kappa shape index (κ2) is 5.55. The Morgan fingerprint density at radius 3 is 2.50 bits per heavy atom. The fraction of sp³-hybridized carbons (Fsp3) is 0.647. The summed E-state index contributed by atoms with van der Waals surface area (Å²) in [7, 11) is 0. The number of pyridine rings is 1. The third-order valence-electron chi connectivity index (χ3n) is 5.20. The van der Waals surface area contributed by atoms with Crippen LogP contribution >= 0.6 is 0 Å². The van der Waals surface area contributed by atoms with Crippen molar-refractivity contribution in [2.24, 2.45) is 5.41 Å². The number of carbonyl (C=O) groups excluding carboxylic acids is 1. The molecule has 20 heavy (non-hydrogen) atoms. The molecule has 0 aromatic carbocycles. The minimum absolute atomic E-state index is 0.117. The smallest absolute Gasteiger partial charge is 0.163 e. The predicted molar refractivity (Wildman–Crippen MR) is 81.2 cm³/mol. The molecule has 1 saturated carbocycles. The van der Waals surface area contributed by atoms with E-state index in [9.17, 15) is 4.79 Å². The highest BCUT2D eigenvalue weighted by Gasteiger charge is 2.36. The van der Waals surface area contributed by atoms with Gasteiger partial charge in [0.2, 0.25) is 0 Å². The van der Waals surface area contributed by atoms with Gasteiger partial charge in [-0.2, -0.15) is 0 Å². The highest BCUT2D eigenvalue weighted by atomic mass is 16.1. The molecule has 3 heteroatoms. The minimum Gasteiger partial charge on any atom is -0.356 e. The number of piperidine rings is 1. The van der Waals surface area contributed by atoms with Crippen molar-refractivity contribution in [3.05, 3.63) is 23.9 Å². The Labute approximate surface area is 121 Å². The van der Waals surface area contributed by atoms with Crippen molar-refractivity contribution in [3.63, 3.8) is 0 Å². The number of anilines is 1. The van der Waals surface area contributed by atoms with E-state index in [4.69, 9.17) is 0 Å². The van der Waals surface area contributed by atoms with Crippen LogP contribution < -0.4 is 4.90 Å². The fourth-order valence-electron chi connectivity index (χ4n) is 3.92. The topological polar surface area (TPSA) is 33.2 Å². The third-order valence-corrected chi connectivity index (χ3v) is 5.20. The lowest BCUT2D eigenvalue weighted by Gasteiger charge is -2.44. The largest absolute Gasteiger partial charge is 0.356 e. The number of nitrogens with zero attached hydrogens (tertiary/aromatic N) is 2. The molecule has 108 valence electrons. The molecule has 1 aliphatic heterocycles. The van der Waals surface area contributed by atoms with Crippen molar-refractivity contribution in [1.29, 1.82) is 0 Å². The zero-order valence-electron chi connectivity index (χ0n) is 12.4. The summed E-state index contributed by atoms with van der Waals surface area (Å²) in [5.41, 5.74) is 1.37. The third kappa shape index (κ3) is 2.58. The standard InChI is InChI=1S/C17H24N2O/c1-14(20)15-6-5-11-18-16(15)19-12-9-17(10-13-19)7-3-2-4-8-17/h5-6,11H,2-4,7-10,12-13H2,1H3. The SMILES string of the molecule is CC(=O)c1cccnc1N1CCC2(CCCCC2)CC1. The maximum absolute atomic E-state index is 11.7. The summed E-state index contributed by atoms with van der Waals surface area (Å²) in [5, 5.41) is 0. The van der Waals surface area contributed by atoms with Crippen LogP contribution in [0, 0.1) is 5.41 Å². The summed E-state index contributed by atoms with van der Waals surface area (Å²) < 4.78 is 0. The zero-order chi connectivity index (χ0) is 14.0. The minimum atomic E-state index is 0.117. The number of hydrogen-bond acceptors (Lipinski definition) is 3. The van der Waals surface area contributed by atoms with Gasteiger partial charge >= 0.3 is 0 Å². The number of ketones is 1. The van der Waals surface area contributed by atoms with Gasteiger partial charge in [0.05, 0.1) is 5.56 Å². The molecule has 1 aliphatic carbocycles. The highest BCUT2D eigenvalue weighted by molar-refractivity contribution is 5.98. The van der Waals surface area contributed by atoms with E-state index in [-0.39, 0.29) is 5.78 Å². The van der Waals surface area contributed by atoms with Crippen LogP contribution in [0.5, 0.6) is 0 Å². The summed E-state index contributed by atoms with van der Waals surface area (Å²) >= 11 is 0. The maximum Gasteiger partial charge on any atom is 0.163 e. The van der Waals surface area contributed by atoms with Gasteiger partial charge in [-0.1, -0.05) is 19.3 Å². The Kier molecular flexibility index (Phi) is 3.77. The molecular formula is C17H24N2O. The second-order valence-electron chi connectivity index (χ2n) is 6.48. The summed E-state index contributed by atoms with van der Waals surface area (Å²) in [4.78, 5) is 18.5. The zero-order valence-corrected chi connectivity index (χ0v) is 12.4. The molecule has 3 nitrogen and oxygen atoms in total. The molecule has 1 spiro atoms. The number of rotatable bonds is 2. The number of carbonyl (C=O) groups is 1. The van der Waals surface area contributed by atoms with Gasteiger partial charge in [0.15, 0.2) is 5.78 Å². The van der Waals surface area contributed by atoms with Crippen LogP contribution in [0.25, 0.3) is 0 Å². The molecule has 3 rings (SSSR count). The molecule has 2 fully saturated rings. The normalized spacial score (nSPS) is 21.9. The van der Waals surface area contributed by atoms with E-state index in [0.29, 0.717) is 5.41 Å². The van der Waals surface area contributed by atoms with E-state index in [2.05, 4.69) is 9.88 Å². The van der Waals surface area contributed by atoms with Gasteiger partial charge < -0.3 is 4.90 Å². The molecule has 0 amide bonds. The van der Waals surface area contributed by atoms with Crippen LogP contribution in [0.4, 0.5) is 5.82 Å². The van der Waals surface area contributed by atoms with Crippen LogP contribution in [0.3, 0.4) is 0 Å². The molecule has 1 aromatic rings. The van der Waals surface area contributed by atoms with Gasteiger partial charge in [0.1, 0.15) is 5.82 Å². The van der Waals surface area contributed by atoms with Crippen LogP contribution in [0.2, 0.25) is 0 Å². The number of hydrogen-bond donors (Lipinski definition) is 0. The lowest BCUT2D eigenvalue weighted by molar-refractivity contribution is 0.101. The second-order valence-corrected chi connectivity index (χ2v) is 6.48. The molecule has 0 radical (unpaired) electrons. The monoisotopic (exact) mass is 272 g/mol. The van der Waals surface area contributed by atoms with Crippen LogP contribution in [-0.2, 0) is 0 Å². The van der Waals surface area contributed by atoms with E-state index in [1.165, 1.54) is 44.9 Å². The van der Waals surface area contributed by atoms with Crippen LogP contribution in [0.1, 0.15) is 62.2 Å². The molecule has 0 unspecified atom stereocenters. The molecule has 1 saturated heterocycles. The first-order valence-corrected chi connectivity index (χ1v) is 7.91. The lowest BCUT2D eigenvalue weighted by atomic mass is 9.68. The van der Waals surface area contributed by atoms with E-state index in [1.54, 1.807) is 13.1 Å². The van der Waals surface area contributed by atoms with Crippen molar-refractivity contribution in [3.8, 4) is 0 Å². The van der Waals surface area contributed by atoms with Crippen molar-refractivity contribution in [2.45, 2.75) is 51.9 Å². The van der Waals surface area contributed by atoms with Crippen molar-refractivity contribution >= 4 is 11.6 Å². The fourth-order valence-corrected chi connectivity index (χ4v) is 3.92. The molecular weight excluding hydrogens is 248 g/mol. The van der Waals surface area contributed by atoms with Crippen LogP contribution in [0.15, 0.2) is 18.3 Å². The van der Waals surface area contributed by atoms with Gasteiger partial charge in [-0.3, -0.25) is 4.79 Å². The van der Waals surface area contributed by atoms with Crippen molar-refractivity contribution in [2.75, 3.05) is 18.0 Å². The molecule has 0 atom stereocenters. The van der Waals surface area contributed by atoms with E-state index in [0.717, 1.165) is 24.5 Å². The Hall–Kier alpha value is -1.38. The predicted octanol–water partition coefficient (Wildman–Crippen LogP) is 3.83. The van der Waals surface area contributed by atoms with E-state index >= 15 is 0 Å². The Morgan fingerprint density at radius 1 is 1.15 bits per heavy atom. The first kappa shape index (κ1) is 13.6. The molecule has 1 aromatic heterocycles. The Bertz CT molecular complexity index is 482. The van der Waals surface area contributed by atoms with Gasteiger partial charge in [-0.05, 0) is 50.2 Å². The first-order valence-electron chi connectivity index (χ1n) is 7.91. The summed E-state index contributed by atoms with van der Waals surface area (Å²) in [6.45, 7) is 3.74. The summed E-state index contributed by atoms with van der Waals surface area (Å²) in [5.74, 6) is 1.01. The maximum atomic E-state index is 11.7. The number of aromatic nitrogens is 1. The highest BCUT2D eigenvalue weighted by Crippen LogP contribution is 2.45. The first-order chi connectivity index (χ1) is 9.70. The average Bonchev–Trinajstić information content (AvgIpc) is 2.49. The molecule has 0 bridgehead atoms. The van der Waals surface area contributed by atoms with E-state index in [1.807, 2.05) is 12.1 Å². The molecule has 2 heterocycles. The van der Waals surface area contributed by atoms with Crippen LogP contribution in [-0.4, -0.2) is 23.9 Å². The average molecular weight is 272 g/mol.